The number of carbonyl (C=O) groups is 1. The molecule has 0 amide bonds. The number of Topliss-reactive ketones (excluding diaryl/α,β-unsaturated/α-hetero) is 1. The van der Waals surface area contributed by atoms with Crippen molar-refractivity contribution in [2.75, 3.05) is 24.7 Å². The third-order valence-corrected chi connectivity index (χ3v) is 6.81. The molecule has 1 aliphatic carbocycles. The highest BCUT2D eigenvalue weighted by molar-refractivity contribution is 7.88. The number of hydrogen-bond acceptors (Lipinski definition) is 7. The van der Waals surface area contributed by atoms with E-state index in [2.05, 4.69) is 15.3 Å². The first-order chi connectivity index (χ1) is 13.3. The molecule has 10 heteroatoms. The molecule has 0 bridgehead atoms. The van der Waals surface area contributed by atoms with Gasteiger partial charge in [0, 0.05) is 43.2 Å². The van der Waals surface area contributed by atoms with E-state index < -0.39 is 16.1 Å². The molecule has 28 heavy (non-hydrogen) atoms. The number of hydrogen-bond donors (Lipinski definition) is 1. The van der Waals surface area contributed by atoms with E-state index >= 15 is 0 Å². The number of nitrogens with zero attached hydrogens (tertiary/aromatic N) is 4. The van der Waals surface area contributed by atoms with Crippen LogP contribution in [-0.4, -0.2) is 58.4 Å². The number of anilines is 1. The molecule has 1 N–H and O–H groups in total. The molecule has 0 aromatic carbocycles. The Bertz CT molecular complexity index is 1070. The fourth-order valence-corrected chi connectivity index (χ4v) is 4.87. The maximum Gasteiger partial charge on any atom is 0.252 e. The van der Waals surface area contributed by atoms with Crippen LogP contribution in [0.25, 0.3) is 11.0 Å². The van der Waals surface area contributed by atoms with Crippen LogP contribution in [0.2, 0.25) is 0 Å². The van der Waals surface area contributed by atoms with Gasteiger partial charge in [-0.25, -0.2) is 17.7 Å². The largest absolute Gasteiger partial charge is 0.351 e. The highest BCUT2D eigenvalue weighted by Gasteiger charge is 2.29. The number of aromatic nitrogens is 3. The number of carbonyl (C=O) groups excluding carboxylic acids is 1. The van der Waals surface area contributed by atoms with E-state index in [0.29, 0.717) is 55.8 Å². The zero-order valence-corrected chi connectivity index (χ0v) is 16.5. The lowest BCUT2D eigenvalue weighted by Gasteiger charge is -2.30. The smallest absolute Gasteiger partial charge is 0.252 e. The van der Waals surface area contributed by atoms with Gasteiger partial charge in [-0.05, 0) is 31.7 Å². The molecule has 2 aliphatic rings. The van der Waals surface area contributed by atoms with Crippen molar-refractivity contribution in [2.45, 2.75) is 44.2 Å². The van der Waals surface area contributed by atoms with Crippen LogP contribution in [0.1, 0.15) is 38.1 Å². The van der Waals surface area contributed by atoms with E-state index in [-0.39, 0.29) is 17.4 Å². The number of pyridine rings is 1. The van der Waals surface area contributed by atoms with Crippen LogP contribution in [0.5, 0.6) is 0 Å². The first-order valence-electron chi connectivity index (χ1n) is 9.45. The van der Waals surface area contributed by atoms with Crippen molar-refractivity contribution in [1.29, 1.82) is 0 Å². The van der Waals surface area contributed by atoms with Crippen molar-refractivity contribution in [3.8, 4) is 0 Å². The molecule has 2 fully saturated rings. The van der Waals surface area contributed by atoms with E-state index in [0.717, 1.165) is 6.42 Å². The number of piperidine rings is 1. The van der Waals surface area contributed by atoms with Gasteiger partial charge in [0.2, 0.25) is 16.0 Å². The van der Waals surface area contributed by atoms with Gasteiger partial charge in [-0.1, -0.05) is 0 Å². The van der Waals surface area contributed by atoms with Gasteiger partial charge in [-0.2, -0.15) is 4.98 Å². The summed E-state index contributed by atoms with van der Waals surface area (Å²) in [7, 11) is -3.17. The summed E-state index contributed by atoms with van der Waals surface area (Å²) < 4.78 is 26.2. The Morgan fingerprint density at radius 2 is 1.89 bits per heavy atom. The molecule has 3 heterocycles. The monoisotopic (exact) mass is 405 g/mol. The highest BCUT2D eigenvalue weighted by atomic mass is 32.2. The van der Waals surface area contributed by atoms with Gasteiger partial charge in [0.25, 0.3) is 5.56 Å². The zero-order valence-electron chi connectivity index (χ0n) is 15.7. The maximum atomic E-state index is 12.5. The molecular weight excluding hydrogens is 382 g/mol. The molecule has 150 valence electrons. The molecule has 0 spiro atoms. The third kappa shape index (κ3) is 3.66. The van der Waals surface area contributed by atoms with Crippen molar-refractivity contribution in [3.05, 3.63) is 28.7 Å². The average Bonchev–Trinajstić information content (AvgIpc) is 3.07. The Balaban J connectivity index is 1.60. The Morgan fingerprint density at radius 1 is 1.14 bits per heavy atom. The predicted octanol–water partition coefficient (Wildman–Crippen LogP) is 0.921. The van der Waals surface area contributed by atoms with Crippen LogP contribution in [0.4, 0.5) is 5.95 Å². The Morgan fingerprint density at radius 3 is 2.54 bits per heavy atom. The molecule has 0 radical (unpaired) electrons. The lowest BCUT2D eigenvalue weighted by Crippen LogP contribution is -2.42. The number of nitrogens with one attached hydrogen (secondary N) is 1. The van der Waals surface area contributed by atoms with Crippen molar-refractivity contribution in [1.82, 2.24) is 18.8 Å². The van der Waals surface area contributed by atoms with E-state index in [9.17, 15) is 18.0 Å². The van der Waals surface area contributed by atoms with Crippen LogP contribution >= 0.6 is 0 Å². The van der Waals surface area contributed by atoms with Crippen LogP contribution in [0.3, 0.4) is 0 Å². The summed E-state index contributed by atoms with van der Waals surface area (Å²) >= 11 is 0. The van der Waals surface area contributed by atoms with Crippen LogP contribution in [0, 0.1) is 0 Å². The molecule has 1 atom stereocenters. The molecule has 9 nitrogen and oxygen atoms in total. The zero-order chi connectivity index (χ0) is 19.9. The molecule has 1 aliphatic heterocycles. The third-order valence-electron chi connectivity index (χ3n) is 5.51. The number of fused-ring (bicyclic) bond motifs is 1. The Kier molecular flexibility index (Phi) is 4.92. The first-order valence-corrected chi connectivity index (χ1v) is 11.3. The molecule has 4 rings (SSSR count). The van der Waals surface area contributed by atoms with Crippen LogP contribution in [-0.2, 0) is 14.8 Å². The van der Waals surface area contributed by atoms with Gasteiger partial charge in [-0.15, -0.1) is 0 Å². The normalized spacial score (nSPS) is 22.0. The Hall–Kier alpha value is -2.33. The van der Waals surface area contributed by atoms with E-state index in [1.165, 1.54) is 21.2 Å². The summed E-state index contributed by atoms with van der Waals surface area (Å²) in [6.45, 7) is 0.900. The minimum atomic E-state index is -3.17. The van der Waals surface area contributed by atoms with Gasteiger partial charge in [-0.3, -0.25) is 14.2 Å². The molecule has 2 aromatic heterocycles. The van der Waals surface area contributed by atoms with Gasteiger partial charge in [0.1, 0.15) is 5.65 Å². The second kappa shape index (κ2) is 7.25. The van der Waals surface area contributed by atoms with Crippen molar-refractivity contribution >= 4 is 32.8 Å². The summed E-state index contributed by atoms with van der Waals surface area (Å²) in [5.74, 6) is 0.450. The van der Waals surface area contributed by atoms with Crippen molar-refractivity contribution in [2.24, 2.45) is 0 Å². The number of ketones is 1. The fourth-order valence-electron chi connectivity index (χ4n) is 3.99. The van der Waals surface area contributed by atoms with Gasteiger partial charge in [0.05, 0.1) is 12.3 Å². The lowest BCUT2D eigenvalue weighted by molar-refractivity contribution is -0.120. The van der Waals surface area contributed by atoms with E-state index in [1.807, 2.05) is 0 Å². The summed E-state index contributed by atoms with van der Waals surface area (Å²) in [6.07, 6.45) is 6.08. The summed E-state index contributed by atoms with van der Waals surface area (Å²) in [5, 5.41) is 3.95. The molecular formula is C18H23N5O4S. The van der Waals surface area contributed by atoms with E-state index in [4.69, 9.17) is 0 Å². The minimum absolute atomic E-state index is 0.0486. The maximum absolute atomic E-state index is 12.5. The van der Waals surface area contributed by atoms with Crippen LogP contribution < -0.4 is 10.9 Å². The van der Waals surface area contributed by atoms with Crippen molar-refractivity contribution < 1.29 is 13.2 Å². The predicted molar refractivity (Wildman–Crippen MR) is 105 cm³/mol. The molecule has 1 saturated heterocycles. The highest BCUT2D eigenvalue weighted by Crippen LogP contribution is 2.27. The average molecular weight is 405 g/mol. The van der Waals surface area contributed by atoms with Gasteiger partial charge >= 0.3 is 0 Å². The van der Waals surface area contributed by atoms with Crippen molar-refractivity contribution in [3.63, 3.8) is 0 Å². The molecule has 1 unspecified atom stereocenters. The standard InChI is InChI=1S/C18H23N5O4S/c1-28(26,27)22-9-7-13(8-10-22)20-18-19-11-12-5-6-16(25)23(17(12)21-18)14-3-2-4-15(14)24/h5-6,11,13-14H,2-4,7-10H2,1H3,(H,19,20,21). The minimum Gasteiger partial charge on any atom is -0.351 e. The second-order valence-electron chi connectivity index (χ2n) is 7.47. The van der Waals surface area contributed by atoms with E-state index in [1.54, 1.807) is 12.3 Å². The number of rotatable bonds is 4. The topological polar surface area (TPSA) is 114 Å². The molecule has 1 saturated carbocycles. The second-order valence-corrected chi connectivity index (χ2v) is 9.45. The lowest BCUT2D eigenvalue weighted by atomic mass is 10.1. The summed E-state index contributed by atoms with van der Waals surface area (Å²) in [6, 6.07) is 2.71. The SMILES string of the molecule is CS(=O)(=O)N1CCC(Nc2ncc3ccc(=O)n(C4CCCC4=O)c3n2)CC1. The summed E-state index contributed by atoms with van der Waals surface area (Å²) in [4.78, 5) is 33.5. The quantitative estimate of drug-likeness (QED) is 0.804. The molecule has 2 aromatic rings. The summed E-state index contributed by atoms with van der Waals surface area (Å²) in [5.41, 5.74) is 0.220. The fraction of sp³-hybridized carbons (Fsp3) is 0.556. The van der Waals surface area contributed by atoms with Gasteiger partial charge < -0.3 is 5.32 Å². The number of sulfonamides is 1. The van der Waals surface area contributed by atoms with Crippen LogP contribution in [0.15, 0.2) is 23.1 Å². The Labute approximate surface area is 162 Å². The van der Waals surface area contributed by atoms with Gasteiger partial charge in [0.15, 0.2) is 5.78 Å². The first kappa shape index (κ1) is 19.0.